The highest BCUT2D eigenvalue weighted by Crippen LogP contribution is 2.18. The molecule has 1 aliphatic heterocycles. The Morgan fingerprint density at radius 2 is 1.41 bits per heavy atom. The Morgan fingerprint density at radius 3 is 2.06 bits per heavy atom. The number of hydrogen-bond acceptors (Lipinski definition) is 4. The van der Waals surface area contributed by atoms with Crippen molar-refractivity contribution in [1.29, 1.82) is 0 Å². The van der Waals surface area contributed by atoms with E-state index < -0.39 is 0 Å². The van der Waals surface area contributed by atoms with Crippen LogP contribution in [0.1, 0.15) is 15.9 Å². The molecule has 3 aromatic rings. The molecule has 3 aromatic carbocycles. The van der Waals surface area contributed by atoms with E-state index in [2.05, 4.69) is 27.7 Å². The number of anilines is 3. The number of nitrogens with one attached hydrogen (secondary N) is 2. The molecule has 2 N–H and O–H groups in total. The van der Waals surface area contributed by atoms with Gasteiger partial charge in [-0.15, -0.1) is 0 Å². The molecule has 1 heterocycles. The number of urea groups is 1. The van der Waals surface area contributed by atoms with Gasteiger partial charge in [-0.3, -0.25) is 4.79 Å². The summed E-state index contributed by atoms with van der Waals surface area (Å²) in [6.07, 6.45) is 3.37. The average Bonchev–Trinajstić information content (AvgIpc) is 2.84. The van der Waals surface area contributed by atoms with Crippen LogP contribution in [-0.4, -0.2) is 38.1 Å². The Labute approximate surface area is 187 Å². The lowest BCUT2D eigenvalue weighted by Gasteiger charge is -2.28. The Kier molecular flexibility index (Phi) is 6.94. The molecule has 0 unspecified atom stereocenters. The number of morpholine rings is 1. The fourth-order valence-electron chi connectivity index (χ4n) is 3.42. The lowest BCUT2D eigenvalue weighted by atomic mass is 10.1. The van der Waals surface area contributed by atoms with Crippen LogP contribution in [0.4, 0.5) is 21.9 Å². The largest absolute Gasteiger partial charge is 0.378 e. The molecule has 6 heteroatoms. The summed E-state index contributed by atoms with van der Waals surface area (Å²) in [5.41, 5.74) is 4.00. The molecule has 1 saturated heterocycles. The second kappa shape index (κ2) is 10.4. The number of carbonyl (C=O) groups is 2. The van der Waals surface area contributed by atoms with Crippen molar-refractivity contribution in [1.82, 2.24) is 0 Å². The fraction of sp³-hybridized carbons (Fsp3) is 0.154. The molecule has 0 aromatic heterocycles. The first-order valence-corrected chi connectivity index (χ1v) is 10.6. The van der Waals surface area contributed by atoms with E-state index in [1.54, 1.807) is 30.3 Å². The summed E-state index contributed by atoms with van der Waals surface area (Å²) in [5.74, 6) is -0.0949. The Bertz CT molecular complexity index is 1070. The van der Waals surface area contributed by atoms with E-state index in [0.717, 1.165) is 37.6 Å². The summed E-state index contributed by atoms with van der Waals surface area (Å²) in [5, 5.41) is 5.51. The van der Waals surface area contributed by atoms with Crippen molar-refractivity contribution in [2.75, 3.05) is 41.8 Å². The predicted molar refractivity (Wildman–Crippen MR) is 128 cm³/mol. The number of ether oxygens (including phenoxy) is 1. The first-order valence-electron chi connectivity index (χ1n) is 10.6. The zero-order valence-corrected chi connectivity index (χ0v) is 17.7. The smallest absolute Gasteiger partial charge is 0.323 e. The summed E-state index contributed by atoms with van der Waals surface area (Å²) in [6, 6.07) is 23.8. The molecule has 162 valence electrons. The number of nitrogens with zero attached hydrogens (tertiary/aromatic N) is 1. The molecule has 0 radical (unpaired) electrons. The minimum atomic E-state index is -0.337. The third-order valence-electron chi connectivity index (χ3n) is 5.16. The standard InChI is InChI=1S/C26H25N3O3/c30-25(15-8-20-6-13-24(14-7-20)29-16-18-32-19-17-29)21-9-11-23(12-10-21)28-26(31)27-22-4-2-1-3-5-22/h1-15H,16-19H2,(H2,27,28,31)/b15-8+. The van der Waals surface area contributed by atoms with Crippen LogP contribution < -0.4 is 15.5 Å². The van der Waals surface area contributed by atoms with Gasteiger partial charge in [-0.2, -0.15) is 0 Å². The zero-order chi connectivity index (χ0) is 22.2. The highest BCUT2D eigenvalue weighted by Gasteiger charge is 2.10. The third-order valence-corrected chi connectivity index (χ3v) is 5.16. The van der Waals surface area contributed by atoms with Gasteiger partial charge in [0.1, 0.15) is 0 Å². The summed E-state index contributed by atoms with van der Waals surface area (Å²) in [6.45, 7) is 3.29. The van der Waals surface area contributed by atoms with Crippen molar-refractivity contribution < 1.29 is 14.3 Å². The van der Waals surface area contributed by atoms with Crippen molar-refractivity contribution in [3.63, 3.8) is 0 Å². The Morgan fingerprint density at radius 1 is 0.781 bits per heavy atom. The van der Waals surface area contributed by atoms with Gasteiger partial charge in [0.05, 0.1) is 13.2 Å². The topological polar surface area (TPSA) is 70.7 Å². The molecule has 2 amide bonds. The first-order chi connectivity index (χ1) is 15.7. The molecule has 0 aliphatic carbocycles. The van der Waals surface area contributed by atoms with Crippen LogP contribution in [0.3, 0.4) is 0 Å². The van der Waals surface area contributed by atoms with Crippen LogP contribution in [-0.2, 0) is 4.74 Å². The summed E-state index contributed by atoms with van der Waals surface area (Å²) < 4.78 is 5.39. The van der Waals surface area contributed by atoms with Crippen LogP contribution in [0.15, 0.2) is 84.9 Å². The maximum atomic E-state index is 12.5. The van der Waals surface area contributed by atoms with E-state index in [1.165, 1.54) is 0 Å². The van der Waals surface area contributed by atoms with E-state index in [-0.39, 0.29) is 11.8 Å². The third kappa shape index (κ3) is 5.83. The normalized spacial score (nSPS) is 13.7. The first kappa shape index (κ1) is 21.3. The maximum absolute atomic E-state index is 12.5. The van der Waals surface area contributed by atoms with E-state index in [9.17, 15) is 9.59 Å². The molecule has 1 fully saturated rings. The molecule has 0 saturated carbocycles. The van der Waals surface area contributed by atoms with Crippen LogP contribution in [0.5, 0.6) is 0 Å². The second-order valence-corrected chi connectivity index (χ2v) is 7.41. The minimum Gasteiger partial charge on any atom is -0.378 e. The molecule has 6 nitrogen and oxygen atoms in total. The van der Waals surface area contributed by atoms with Crippen LogP contribution in [0.25, 0.3) is 6.08 Å². The molecular formula is C26H25N3O3. The molecule has 0 bridgehead atoms. The van der Waals surface area contributed by atoms with E-state index in [4.69, 9.17) is 4.74 Å². The molecule has 0 spiro atoms. The van der Waals surface area contributed by atoms with E-state index >= 15 is 0 Å². The number of rotatable bonds is 6. The van der Waals surface area contributed by atoms with Crippen molar-refractivity contribution in [3.05, 3.63) is 96.1 Å². The number of hydrogen-bond donors (Lipinski definition) is 2. The minimum absolute atomic E-state index is 0.0949. The van der Waals surface area contributed by atoms with Crippen LogP contribution >= 0.6 is 0 Å². The van der Waals surface area contributed by atoms with Gasteiger partial charge in [0, 0.05) is 35.7 Å². The maximum Gasteiger partial charge on any atom is 0.323 e. The summed E-state index contributed by atoms with van der Waals surface area (Å²) in [7, 11) is 0. The van der Waals surface area contributed by atoms with Gasteiger partial charge in [-0.05, 0) is 60.2 Å². The Balaban J connectivity index is 1.31. The number of ketones is 1. The molecule has 4 rings (SSSR count). The van der Waals surface area contributed by atoms with Gasteiger partial charge in [0.25, 0.3) is 0 Å². The fourth-order valence-corrected chi connectivity index (χ4v) is 3.42. The lowest BCUT2D eigenvalue weighted by Crippen LogP contribution is -2.36. The van der Waals surface area contributed by atoms with Crippen LogP contribution in [0, 0.1) is 0 Å². The van der Waals surface area contributed by atoms with Crippen molar-refractivity contribution in [2.24, 2.45) is 0 Å². The molecule has 32 heavy (non-hydrogen) atoms. The lowest BCUT2D eigenvalue weighted by molar-refractivity contribution is 0.104. The molecular weight excluding hydrogens is 402 g/mol. The highest BCUT2D eigenvalue weighted by atomic mass is 16.5. The van der Waals surface area contributed by atoms with Gasteiger partial charge >= 0.3 is 6.03 Å². The molecule has 1 aliphatic rings. The van der Waals surface area contributed by atoms with Gasteiger partial charge in [0.15, 0.2) is 5.78 Å². The summed E-state index contributed by atoms with van der Waals surface area (Å²) in [4.78, 5) is 26.9. The number of carbonyl (C=O) groups excluding carboxylic acids is 2. The van der Waals surface area contributed by atoms with Crippen molar-refractivity contribution in [3.8, 4) is 0 Å². The predicted octanol–water partition coefficient (Wildman–Crippen LogP) is 5.06. The van der Waals surface area contributed by atoms with Gasteiger partial charge < -0.3 is 20.3 Å². The SMILES string of the molecule is O=C(Nc1ccccc1)Nc1ccc(C(=O)/C=C/c2ccc(N3CCOCC3)cc2)cc1. The van der Waals surface area contributed by atoms with Gasteiger partial charge in [0.2, 0.25) is 0 Å². The number of benzene rings is 3. The second-order valence-electron chi connectivity index (χ2n) is 7.41. The number of allylic oxidation sites excluding steroid dienone is 1. The Hall–Kier alpha value is -3.90. The van der Waals surface area contributed by atoms with Crippen LogP contribution in [0.2, 0.25) is 0 Å². The van der Waals surface area contributed by atoms with E-state index in [0.29, 0.717) is 16.9 Å². The monoisotopic (exact) mass is 427 g/mol. The van der Waals surface area contributed by atoms with Gasteiger partial charge in [-0.1, -0.05) is 36.4 Å². The van der Waals surface area contributed by atoms with Crippen molar-refractivity contribution >= 4 is 35.0 Å². The number of para-hydroxylation sites is 1. The average molecular weight is 428 g/mol. The zero-order valence-electron chi connectivity index (χ0n) is 17.7. The quantitative estimate of drug-likeness (QED) is 0.426. The molecule has 0 atom stereocenters. The number of amides is 2. The highest BCUT2D eigenvalue weighted by molar-refractivity contribution is 6.07. The van der Waals surface area contributed by atoms with E-state index in [1.807, 2.05) is 48.5 Å². The summed E-state index contributed by atoms with van der Waals surface area (Å²) >= 11 is 0. The van der Waals surface area contributed by atoms with Crippen molar-refractivity contribution in [2.45, 2.75) is 0 Å². The van der Waals surface area contributed by atoms with Gasteiger partial charge in [-0.25, -0.2) is 4.79 Å².